The maximum absolute atomic E-state index is 12.8. The summed E-state index contributed by atoms with van der Waals surface area (Å²) in [5, 5.41) is -1.27. The minimum absolute atomic E-state index is 0.299. The fourth-order valence-corrected chi connectivity index (χ4v) is 2.41. The standard InChI is InChI=1S/C10H12FNO3S/c1-7(10(12)13)16(14,15)6-8-3-2-4-9(11)5-8/h2-5,7H,6H2,1H3,(H2,12,13). The molecule has 1 rings (SSSR count). The number of sulfone groups is 1. The van der Waals surface area contributed by atoms with E-state index in [4.69, 9.17) is 5.73 Å². The van der Waals surface area contributed by atoms with Crippen LogP contribution in [-0.4, -0.2) is 19.6 Å². The Balaban J connectivity index is 2.93. The molecular weight excluding hydrogens is 233 g/mol. The van der Waals surface area contributed by atoms with Gasteiger partial charge in [0.1, 0.15) is 11.1 Å². The number of hydrogen-bond donors (Lipinski definition) is 1. The number of rotatable bonds is 4. The second kappa shape index (κ2) is 4.61. The lowest BCUT2D eigenvalue weighted by Crippen LogP contribution is -2.34. The van der Waals surface area contributed by atoms with Gasteiger partial charge in [-0.2, -0.15) is 0 Å². The Hall–Kier alpha value is -1.43. The highest BCUT2D eigenvalue weighted by atomic mass is 32.2. The summed E-state index contributed by atoms with van der Waals surface area (Å²) >= 11 is 0. The summed E-state index contributed by atoms with van der Waals surface area (Å²) in [7, 11) is -3.67. The number of benzene rings is 1. The molecule has 0 saturated carbocycles. The van der Waals surface area contributed by atoms with Crippen molar-refractivity contribution >= 4 is 15.7 Å². The Morgan fingerprint density at radius 1 is 1.50 bits per heavy atom. The van der Waals surface area contributed by atoms with Gasteiger partial charge in [0.2, 0.25) is 5.91 Å². The van der Waals surface area contributed by atoms with Crippen LogP contribution in [0.1, 0.15) is 12.5 Å². The van der Waals surface area contributed by atoms with Crippen molar-refractivity contribution in [3.63, 3.8) is 0 Å². The molecule has 1 unspecified atom stereocenters. The fraction of sp³-hybridized carbons (Fsp3) is 0.300. The molecule has 6 heteroatoms. The minimum Gasteiger partial charge on any atom is -0.369 e. The van der Waals surface area contributed by atoms with E-state index in [1.54, 1.807) is 0 Å². The Morgan fingerprint density at radius 3 is 2.62 bits per heavy atom. The highest BCUT2D eigenvalue weighted by molar-refractivity contribution is 7.92. The maximum Gasteiger partial charge on any atom is 0.235 e. The largest absolute Gasteiger partial charge is 0.369 e. The lowest BCUT2D eigenvalue weighted by atomic mass is 10.2. The van der Waals surface area contributed by atoms with E-state index in [0.717, 1.165) is 6.07 Å². The van der Waals surface area contributed by atoms with Gasteiger partial charge in [0.05, 0.1) is 5.75 Å². The molecule has 0 heterocycles. The summed E-state index contributed by atoms with van der Waals surface area (Å²) in [5.41, 5.74) is 5.21. The average molecular weight is 245 g/mol. The predicted octanol–water partition coefficient (Wildman–Crippen LogP) is 0.614. The number of carbonyl (C=O) groups is 1. The van der Waals surface area contributed by atoms with Crippen LogP contribution in [0.2, 0.25) is 0 Å². The monoisotopic (exact) mass is 245 g/mol. The van der Waals surface area contributed by atoms with E-state index in [1.165, 1.54) is 25.1 Å². The summed E-state index contributed by atoms with van der Waals surface area (Å²) in [6.07, 6.45) is 0. The molecule has 1 aromatic rings. The number of amides is 1. The first-order valence-corrected chi connectivity index (χ1v) is 6.30. The molecule has 0 saturated heterocycles. The van der Waals surface area contributed by atoms with E-state index in [1.807, 2.05) is 0 Å². The molecule has 16 heavy (non-hydrogen) atoms. The van der Waals surface area contributed by atoms with Crippen LogP contribution in [0.15, 0.2) is 24.3 Å². The molecule has 88 valence electrons. The molecule has 0 radical (unpaired) electrons. The van der Waals surface area contributed by atoms with Crippen LogP contribution in [0, 0.1) is 5.82 Å². The molecular formula is C10H12FNO3S. The zero-order valence-electron chi connectivity index (χ0n) is 8.68. The fourth-order valence-electron chi connectivity index (χ4n) is 1.16. The van der Waals surface area contributed by atoms with Crippen molar-refractivity contribution in [2.45, 2.75) is 17.9 Å². The van der Waals surface area contributed by atoms with E-state index < -0.39 is 32.6 Å². The van der Waals surface area contributed by atoms with E-state index in [0.29, 0.717) is 5.56 Å². The van der Waals surface area contributed by atoms with Crippen molar-refractivity contribution in [1.82, 2.24) is 0 Å². The zero-order valence-corrected chi connectivity index (χ0v) is 9.50. The minimum atomic E-state index is -3.67. The second-order valence-corrected chi connectivity index (χ2v) is 5.80. The molecule has 4 nitrogen and oxygen atoms in total. The van der Waals surface area contributed by atoms with Gasteiger partial charge in [-0.3, -0.25) is 4.79 Å². The zero-order chi connectivity index (χ0) is 12.3. The number of primary amides is 1. The van der Waals surface area contributed by atoms with Crippen LogP contribution >= 0.6 is 0 Å². The SMILES string of the molecule is CC(C(N)=O)S(=O)(=O)Cc1cccc(F)c1. The topological polar surface area (TPSA) is 77.2 Å². The number of halogens is 1. The molecule has 0 aliphatic heterocycles. The molecule has 1 atom stereocenters. The molecule has 1 amide bonds. The summed E-state index contributed by atoms with van der Waals surface area (Å²) < 4.78 is 36.1. The van der Waals surface area contributed by atoms with Gasteiger partial charge in [-0.25, -0.2) is 12.8 Å². The molecule has 2 N–H and O–H groups in total. The lowest BCUT2D eigenvalue weighted by molar-refractivity contribution is -0.117. The Morgan fingerprint density at radius 2 is 2.12 bits per heavy atom. The third kappa shape index (κ3) is 3.03. The first-order chi connectivity index (χ1) is 7.33. The van der Waals surface area contributed by atoms with E-state index in [-0.39, 0.29) is 0 Å². The molecule has 0 aromatic heterocycles. The molecule has 0 fully saturated rings. The summed E-state index contributed by atoms with van der Waals surface area (Å²) in [5.74, 6) is -1.81. The first-order valence-electron chi connectivity index (χ1n) is 4.58. The van der Waals surface area contributed by atoms with Gasteiger partial charge in [-0.15, -0.1) is 0 Å². The van der Waals surface area contributed by atoms with Crippen LogP contribution in [-0.2, 0) is 20.4 Å². The predicted molar refractivity (Wildman–Crippen MR) is 57.7 cm³/mol. The third-order valence-electron chi connectivity index (χ3n) is 2.20. The van der Waals surface area contributed by atoms with Crippen LogP contribution in [0.25, 0.3) is 0 Å². The van der Waals surface area contributed by atoms with Gasteiger partial charge in [-0.1, -0.05) is 12.1 Å². The Bertz CT molecular complexity index is 499. The van der Waals surface area contributed by atoms with Crippen molar-refractivity contribution in [3.05, 3.63) is 35.6 Å². The van der Waals surface area contributed by atoms with Gasteiger partial charge in [0.25, 0.3) is 0 Å². The van der Waals surface area contributed by atoms with Crippen molar-refractivity contribution in [2.75, 3.05) is 0 Å². The Labute approximate surface area is 93.2 Å². The third-order valence-corrected chi connectivity index (χ3v) is 4.24. The molecule has 0 bridgehead atoms. The van der Waals surface area contributed by atoms with Gasteiger partial charge < -0.3 is 5.73 Å². The molecule has 1 aromatic carbocycles. The van der Waals surface area contributed by atoms with Crippen molar-refractivity contribution in [3.8, 4) is 0 Å². The van der Waals surface area contributed by atoms with Gasteiger partial charge >= 0.3 is 0 Å². The van der Waals surface area contributed by atoms with E-state index >= 15 is 0 Å². The Kier molecular flexibility index (Phi) is 3.64. The number of carbonyl (C=O) groups excluding carboxylic acids is 1. The summed E-state index contributed by atoms with van der Waals surface area (Å²) in [6.45, 7) is 1.22. The summed E-state index contributed by atoms with van der Waals surface area (Å²) in [6, 6.07) is 5.22. The van der Waals surface area contributed by atoms with Crippen LogP contribution in [0.4, 0.5) is 4.39 Å². The number of nitrogens with two attached hydrogens (primary N) is 1. The van der Waals surface area contributed by atoms with Crippen LogP contribution in [0.3, 0.4) is 0 Å². The summed E-state index contributed by atoms with van der Waals surface area (Å²) in [4.78, 5) is 10.8. The van der Waals surface area contributed by atoms with Gasteiger partial charge in [0, 0.05) is 0 Å². The number of hydrogen-bond acceptors (Lipinski definition) is 3. The second-order valence-electron chi connectivity index (χ2n) is 3.48. The smallest absolute Gasteiger partial charge is 0.235 e. The lowest BCUT2D eigenvalue weighted by Gasteiger charge is -2.09. The van der Waals surface area contributed by atoms with E-state index in [2.05, 4.69) is 0 Å². The first kappa shape index (κ1) is 12.6. The van der Waals surface area contributed by atoms with E-state index in [9.17, 15) is 17.6 Å². The normalized spacial score (nSPS) is 13.4. The van der Waals surface area contributed by atoms with Crippen molar-refractivity contribution in [1.29, 1.82) is 0 Å². The quantitative estimate of drug-likeness (QED) is 0.844. The average Bonchev–Trinajstić information content (AvgIpc) is 2.15. The van der Waals surface area contributed by atoms with Crippen molar-refractivity contribution in [2.24, 2.45) is 5.73 Å². The maximum atomic E-state index is 12.8. The highest BCUT2D eigenvalue weighted by Gasteiger charge is 2.26. The highest BCUT2D eigenvalue weighted by Crippen LogP contribution is 2.12. The van der Waals surface area contributed by atoms with Crippen LogP contribution < -0.4 is 5.73 Å². The van der Waals surface area contributed by atoms with Crippen LogP contribution in [0.5, 0.6) is 0 Å². The van der Waals surface area contributed by atoms with Crippen molar-refractivity contribution < 1.29 is 17.6 Å². The molecule has 0 aliphatic carbocycles. The van der Waals surface area contributed by atoms with Gasteiger partial charge in [0.15, 0.2) is 9.84 Å². The van der Waals surface area contributed by atoms with Gasteiger partial charge in [-0.05, 0) is 24.6 Å². The molecule has 0 aliphatic rings. The molecule has 0 spiro atoms.